The van der Waals surface area contributed by atoms with E-state index < -0.39 is 21.8 Å². The lowest BCUT2D eigenvalue weighted by Gasteiger charge is -2.04. The van der Waals surface area contributed by atoms with E-state index in [4.69, 9.17) is 5.14 Å². The van der Waals surface area contributed by atoms with Crippen LogP contribution < -0.4 is 5.14 Å². The lowest BCUT2D eigenvalue weighted by atomic mass is 10.0. The summed E-state index contributed by atoms with van der Waals surface area (Å²) in [4.78, 5) is 11.3. The fourth-order valence-corrected chi connectivity index (χ4v) is 2.33. The van der Waals surface area contributed by atoms with Crippen molar-refractivity contribution in [2.75, 3.05) is 0 Å². The van der Waals surface area contributed by atoms with Crippen LogP contribution in [0.1, 0.15) is 11.1 Å². The summed E-state index contributed by atoms with van der Waals surface area (Å²) in [6.07, 6.45) is 1.36. The number of primary sulfonamides is 1. The molecule has 0 spiro atoms. The van der Waals surface area contributed by atoms with Crippen LogP contribution in [0.25, 0.3) is 11.6 Å². The van der Waals surface area contributed by atoms with Gasteiger partial charge in [0.25, 0.3) is 0 Å². The number of nitrogens with two attached hydrogens (primary N) is 1. The minimum atomic E-state index is -3.80. The molecule has 2 aromatic rings. The van der Waals surface area contributed by atoms with Gasteiger partial charge >= 0.3 is 5.97 Å². The first-order valence-electron chi connectivity index (χ1n) is 6.11. The van der Waals surface area contributed by atoms with Crippen LogP contribution in [-0.2, 0) is 14.8 Å². The average Bonchev–Trinajstić information content (AvgIpc) is 2.45. The van der Waals surface area contributed by atoms with E-state index in [1.54, 1.807) is 0 Å². The zero-order chi connectivity index (χ0) is 16.3. The fraction of sp³-hybridized carbons (Fsp3) is 0. The summed E-state index contributed by atoms with van der Waals surface area (Å²) in [5, 5.41) is 14.3. The predicted octanol–water partition coefficient (Wildman–Crippen LogP) is 2.10. The van der Waals surface area contributed by atoms with Crippen molar-refractivity contribution in [1.29, 1.82) is 0 Å². The molecule has 0 saturated carbocycles. The summed E-state index contributed by atoms with van der Waals surface area (Å²) < 4.78 is 35.2. The van der Waals surface area contributed by atoms with Gasteiger partial charge in [0.05, 0.1) is 10.5 Å². The van der Waals surface area contributed by atoms with Crippen LogP contribution >= 0.6 is 0 Å². The number of hydrogen-bond donors (Lipinski definition) is 2. The molecule has 22 heavy (non-hydrogen) atoms. The smallest absolute Gasteiger partial charge is 0.336 e. The average molecular weight is 321 g/mol. The fourth-order valence-electron chi connectivity index (χ4n) is 1.82. The van der Waals surface area contributed by atoms with E-state index >= 15 is 0 Å². The van der Waals surface area contributed by atoms with E-state index in [2.05, 4.69) is 0 Å². The first-order valence-corrected chi connectivity index (χ1v) is 7.66. The van der Waals surface area contributed by atoms with Gasteiger partial charge < -0.3 is 5.11 Å². The molecule has 0 amide bonds. The molecule has 2 aromatic carbocycles. The summed E-state index contributed by atoms with van der Waals surface area (Å²) in [6, 6.07) is 10.5. The second-order valence-electron chi connectivity index (χ2n) is 4.48. The number of hydrogen-bond acceptors (Lipinski definition) is 3. The highest BCUT2D eigenvalue weighted by atomic mass is 32.2. The number of carboxylic acid groups (broad SMARTS) is 1. The van der Waals surface area contributed by atoms with Gasteiger partial charge in [0.1, 0.15) is 5.82 Å². The quantitative estimate of drug-likeness (QED) is 0.665. The lowest BCUT2D eigenvalue weighted by molar-refractivity contribution is -0.130. The van der Waals surface area contributed by atoms with Crippen LogP contribution in [-0.4, -0.2) is 19.5 Å². The number of benzene rings is 2. The number of halogens is 1. The van der Waals surface area contributed by atoms with Crippen molar-refractivity contribution < 1.29 is 22.7 Å². The third-order valence-electron chi connectivity index (χ3n) is 2.91. The van der Waals surface area contributed by atoms with Gasteiger partial charge in [-0.3, -0.25) is 0 Å². The first-order chi connectivity index (χ1) is 10.3. The summed E-state index contributed by atoms with van der Waals surface area (Å²) in [6.45, 7) is 0. The third-order valence-corrected chi connectivity index (χ3v) is 3.83. The maximum atomic E-state index is 12.9. The number of carbonyl (C=O) groups is 1. The third kappa shape index (κ3) is 3.78. The molecule has 114 valence electrons. The van der Waals surface area contributed by atoms with Gasteiger partial charge in [-0.25, -0.2) is 22.7 Å². The molecule has 7 heteroatoms. The minimum Gasteiger partial charge on any atom is -0.478 e. The van der Waals surface area contributed by atoms with Gasteiger partial charge in [-0.15, -0.1) is 0 Å². The molecule has 0 aromatic heterocycles. The molecule has 5 nitrogen and oxygen atoms in total. The molecule has 0 aliphatic rings. The standard InChI is InChI=1S/C15H12FNO4S/c16-12-5-3-11(4-6-12)14(15(18)19)9-10-1-7-13(8-2-10)22(17,20)21/h1-9H,(H,18,19)(H2,17,20,21). The molecule has 0 radical (unpaired) electrons. The van der Waals surface area contributed by atoms with E-state index in [-0.39, 0.29) is 10.5 Å². The van der Waals surface area contributed by atoms with E-state index in [0.717, 1.165) is 12.1 Å². The monoisotopic (exact) mass is 321 g/mol. The zero-order valence-corrected chi connectivity index (χ0v) is 12.0. The van der Waals surface area contributed by atoms with Crippen molar-refractivity contribution in [3.05, 3.63) is 65.5 Å². The second kappa shape index (κ2) is 6.08. The molecule has 2 rings (SSSR count). The molecule has 0 atom stereocenters. The van der Waals surface area contributed by atoms with Crippen molar-refractivity contribution in [2.45, 2.75) is 4.90 Å². The van der Waals surface area contributed by atoms with E-state index in [1.807, 2.05) is 0 Å². The molecular formula is C15H12FNO4S. The Kier molecular flexibility index (Phi) is 4.39. The van der Waals surface area contributed by atoms with Crippen molar-refractivity contribution in [2.24, 2.45) is 5.14 Å². The highest BCUT2D eigenvalue weighted by Crippen LogP contribution is 2.20. The Labute approximate surface area is 126 Å². The number of sulfonamides is 1. The van der Waals surface area contributed by atoms with E-state index in [1.165, 1.54) is 42.5 Å². The SMILES string of the molecule is NS(=O)(=O)c1ccc(C=C(C(=O)O)c2ccc(F)cc2)cc1. The zero-order valence-electron chi connectivity index (χ0n) is 11.2. The van der Waals surface area contributed by atoms with Crippen LogP contribution in [0, 0.1) is 5.82 Å². The summed E-state index contributed by atoms with van der Waals surface area (Å²) in [7, 11) is -3.80. The number of rotatable bonds is 4. The van der Waals surface area contributed by atoms with Gasteiger partial charge in [0, 0.05) is 0 Å². The predicted molar refractivity (Wildman–Crippen MR) is 79.7 cm³/mol. The second-order valence-corrected chi connectivity index (χ2v) is 6.05. The van der Waals surface area contributed by atoms with Gasteiger partial charge in [-0.05, 0) is 41.5 Å². The molecule has 0 saturated heterocycles. The lowest BCUT2D eigenvalue weighted by Crippen LogP contribution is -2.11. The summed E-state index contributed by atoms with van der Waals surface area (Å²) in [5.74, 6) is -1.65. The Balaban J connectivity index is 2.43. The topological polar surface area (TPSA) is 97.5 Å². The van der Waals surface area contributed by atoms with Crippen molar-refractivity contribution in [3.8, 4) is 0 Å². The first kappa shape index (κ1) is 15.9. The highest BCUT2D eigenvalue weighted by molar-refractivity contribution is 7.89. The molecule has 3 N–H and O–H groups in total. The normalized spacial score (nSPS) is 12.2. The van der Waals surface area contributed by atoms with Crippen LogP contribution in [0.2, 0.25) is 0 Å². The van der Waals surface area contributed by atoms with Gasteiger partial charge in [-0.1, -0.05) is 24.3 Å². The number of carboxylic acids is 1. The van der Waals surface area contributed by atoms with Gasteiger partial charge in [0.15, 0.2) is 0 Å². The largest absolute Gasteiger partial charge is 0.478 e. The Morgan fingerprint density at radius 1 is 1.05 bits per heavy atom. The van der Waals surface area contributed by atoms with Gasteiger partial charge in [-0.2, -0.15) is 0 Å². The molecule has 0 aliphatic carbocycles. The summed E-state index contributed by atoms with van der Waals surface area (Å²) in [5.41, 5.74) is 0.780. The maximum absolute atomic E-state index is 12.9. The molecule has 0 aliphatic heterocycles. The number of aliphatic carboxylic acids is 1. The highest BCUT2D eigenvalue weighted by Gasteiger charge is 2.11. The van der Waals surface area contributed by atoms with E-state index in [9.17, 15) is 22.7 Å². The van der Waals surface area contributed by atoms with Crippen LogP contribution in [0.15, 0.2) is 53.4 Å². The maximum Gasteiger partial charge on any atom is 0.336 e. The van der Waals surface area contributed by atoms with Crippen molar-refractivity contribution in [3.63, 3.8) is 0 Å². The molecular weight excluding hydrogens is 309 g/mol. The molecule has 0 unspecified atom stereocenters. The van der Waals surface area contributed by atoms with Crippen LogP contribution in [0.3, 0.4) is 0 Å². The van der Waals surface area contributed by atoms with E-state index in [0.29, 0.717) is 11.1 Å². The van der Waals surface area contributed by atoms with Crippen molar-refractivity contribution >= 4 is 27.6 Å². The van der Waals surface area contributed by atoms with Crippen LogP contribution in [0.5, 0.6) is 0 Å². The molecule has 0 bridgehead atoms. The summed E-state index contributed by atoms with van der Waals surface area (Å²) >= 11 is 0. The Morgan fingerprint density at radius 3 is 2.05 bits per heavy atom. The minimum absolute atomic E-state index is 0.0386. The Hall–Kier alpha value is -2.51. The Bertz CT molecular complexity index is 825. The van der Waals surface area contributed by atoms with Crippen molar-refractivity contribution in [1.82, 2.24) is 0 Å². The van der Waals surface area contributed by atoms with Gasteiger partial charge in [0.2, 0.25) is 10.0 Å². The van der Waals surface area contributed by atoms with Crippen LogP contribution in [0.4, 0.5) is 4.39 Å². The molecule has 0 heterocycles. The Morgan fingerprint density at radius 2 is 1.59 bits per heavy atom. The molecule has 0 fully saturated rings.